The molecule has 9 nitrogen and oxygen atoms in total. The number of nitrogens with zero attached hydrogens (tertiary/aromatic N) is 1. The fourth-order valence-electron chi connectivity index (χ4n) is 5.80. The lowest BCUT2D eigenvalue weighted by molar-refractivity contribution is -0.155. The van der Waals surface area contributed by atoms with Crippen LogP contribution in [0.15, 0.2) is 65.1 Å². The van der Waals surface area contributed by atoms with Gasteiger partial charge in [-0.3, -0.25) is 8.98 Å². The second-order valence-electron chi connectivity index (χ2n) is 9.10. The van der Waals surface area contributed by atoms with Gasteiger partial charge in [-0.1, -0.05) is 70.0 Å². The van der Waals surface area contributed by atoms with Crippen molar-refractivity contribution in [3.05, 3.63) is 87.0 Å². The van der Waals surface area contributed by atoms with E-state index in [1.165, 1.54) is 20.3 Å². The van der Waals surface area contributed by atoms with Gasteiger partial charge in [-0.05, 0) is 23.3 Å². The van der Waals surface area contributed by atoms with Gasteiger partial charge >= 0.3 is 5.97 Å². The molecule has 2 aromatic carbocycles. The van der Waals surface area contributed by atoms with E-state index in [1.54, 1.807) is 54.6 Å². The summed E-state index contributed by atoms with van der Waals surface area (Å²) in [6.45, 7) is 0. The molecule has 38 heavy (non-hydrogen) atoms. The van der Waals surface area contributed by atoms with Crippen LogP contribution in [-0.2, 0) is 35.0 Å². The monoisotopic (exact) mass is 623 g/mol. The topological polar surface area (TPSA) is 121 Å². The quantitative estimate of drug-likeness (QED) is 0.247. The largest absolute Gasteiger partial charge is 0.481 e. The molecule has 12 heteroatoms. The minimum atomic E-state index is -4.23. The average molecular weight is 625 g/mol. The maximum absolute atomic E-state index is 13.5. The third-order valence-corrected chi connectivity index (χ3v) is 8.33. The maximum Gasteiger partial charge on any atom is 0.312 e. The van der Waals surface area contributed by atoms with Gasteiger partial charge in [-0.15, -0.1) is 0 Å². The fourth-order valence-corrected chi connectivity index (χ4v) is 6.88. The van der Waals surface area contributed by atoms with Gasteiger partial charge in [0, 0.05) is 16.5 Å². The van der Waals surface area contributed by atoms with E-state index < -0.39 is 45.2 Å². The Bertz CT molecular complexity index is 1500. The van der Waals surface area contributed by atoms with E-state index in [0.29, 0.717) is 11.1 Å². The molecule has 1 N–H and O–H groups in total. The molecule has 1 aromatic heterocycles. The maximum atomic E-state index is 13.5. The molecule has 0 bridgehead atoms. The predicted molar refractivity (Wildman–Crippen MR) is 141 cm³/mol. The molecule has 5 rings (SSSR count). The van der Waals surface area contributed by atoms with Crippen LogP contribution < -0.4 is 9.47 Å². The van der Waals surface area contributed by atoms with Crippen LogP contribution in [0.5, 0.6) is 11.6 Å². The van der Waals surface area contributed by atoms with Crippen molar-refractivity contribution in [1.82, 2.24) is 4.98 Å². The first kappa shape index (κ1) is 26.9. The number of carbonyl (C=O) groups is 1. The van der Waals surface area contributed by atoms with E-state index in [-0.39, 0.29) is 22.3 Å². The van der Waals surface area contributed by atoms with E-state index in [0.717, 1.165) is 10.7 Å². The summed E-state index contributed by atoms with van der Waals surface area (Å²) < 4.78 is 48.9. The summed E-state index contributed by atoms with van der Waals surface area (Å²) in [4.78, 5) is 17.7. The van der Waals surface area contributed by atoms with Crippen LogP contribution in [0.1, 0.15) is 22.6 Å². The number of hydrogen-bond acceptors (Lipinski definition) is 9. The molecule has 0 amide bonds. The van der Waals surface area contributed by atoms with Crippen LogP contribution >= 0.6 is 27.5 Å². The molecule has 2 aliphatic rings. The molecule has 1 aliphatic heterocycles. The van der Waals surface area contributed by atoms with Gasteiger partial charge in [-0.2, -0.15) is 8.42 Å². The van der Waals surface area contributed by atoms with Gasteiger partial charge in [0.2, 0.25) is 5.88 Å². The Morgan fingerprint density at radius 2 is 1.79 bits per heavy atom. The first-order valence-electron chi connectivity index (χ1n) is 11.4. The minimum absolute atomic E-state index is 0.00769. The van der Waals surface area contributed by atoms with Crippen molar-refractivity contribution in [2.75, 3.05) is 20.5 Å². The molecule has 0 spiro atoms. The normalized spacial score (nSPS) is 27.8. The zero-order valence-corrected chi connectivity index (χ0v) is 23.6. The van der Waals surface area contributed by atoms with Crippen LogP contribution in [0.4, 0.5) is 0 Å². The first-order valence-corrected chi connectivity index (χ1v) is 14.4. The van der Waals surface area contributed by atoms with Gasteiger partial charge in [0.25, 0.3) is 10.1 Å². The van der Waals surface area contributed by atoms with Gasteiger partial charge in [-0.25, -0.2) is 4.98 Å². The Kier molecular flexibility index (Phi) is 6.72. The summed E-state index contributed by atoms with van der Waals surface area (Å²) in [5.41, 5.74) is -3.09. The molecule has 1 saturated carbocycles. The number of halogens is 2. The van der Waals surface area contributed by atoms with Gasteiger partial charge in [0.1, 0.15) is 17.0 Å². The van der Waals surface area contributed by atoms with E-state index in [1.807, 2.05) is 0 Å². The Morgan fingerprint density at radius 3 is 2.37 bits per heavy atom. The summed E-state index contributed by atoms with van der Waals surface area (Å²) in [6, 6.07) is 17.2. The predicted octanol–water partition coefficient (Wildman–Crippen LogP) is 3.91. The summed E-state index contributed by atoms with van der Waals surface area (Å²) in [5, 5.41) is 13.0. The Labute approximate surface area is 232 Å². The number of methoxy groups -OCH3 is 2. The number of ether oxygens (including phenoxy) is 3. The highest BCUT2D eigenvalue weighted by Crippen LogP contribution is 2.70. The number of esters is 1. The Hall–Kier alpha value is -2.70. The van der Waals surface area contributed by atoms with E-state index >= 15 is 0 Å². The molecular weight excluding hydrogens is 602 g/mol. The summed E-state index contributed by atoms with van der Waals surface area (Å²) in [5.74, 6) is -3.12. The standard InChI is InChI=1S/C26H23BrClNO8S/c1-34-23-21-17(13-18(28)29-23)36-26(15-9-11-16(27)12-10-15)20(14-7-5-4-6-8-14)19(24(30)35-2)22(25(21,26)31)37-38(3,32)33/h4-13,19-20,22,31H,1-3H3/t19-,20-,22-,25+,26+/m1/s1. The van der Waals surface area contributed by atoms with E-state index in [4.69, 9.17) is 30.0 Å². The molecule has 3 aromatic rings. The van der Waals surface area contributed by atoms with Crippen molar-refractivity contribution in [2.24, 2.45) is 5.92 Å². The molecule has 0 saturated heterocycles. The van der Waals surface area contributed by atoms with Crippen molar-refractivity contribution in [2.45, 2.75) is 23.2 Å². The molecule has 0 unspecified atom stereocenters. The first-order chi connectivity index (χ1) is 18.0. The van der Waals surface area contributed by atoms with Crippen molar-refractivity contribution in [3.63, 3.8) is 0 Å². The second-order valence-corrected chi connectivity index (χ2v) is 12.0. The smallest absolute Gasteiger partial charge is 0.312 e. The lowest BCUT2D eigenvalue weighted by atomic mass is 9.71. The van der Waals surface area contributed by atoms with Crippen LogP contribution in [-0.4, -0.2) is 51.1 Å². The number of rotatable bonds is 6. The summed E-state index contributed by atoms with van der Waals surface area (Å²) >= 11 is 9.69. The summed E-state index contributed by atoms with van der Waals surface area (Å²) in [7, 11) is -1.72. The Morgan fingerprint density at radius 1 is 1.13 bits per heavy atom. The average Bonchev–Trinajstić information content (AvgIpc) is 3.25. The van der Waals surface area contributed by atoms with Crippen molar-refractivity contribution < 1.29 is 36.7 Å². The fraction of sp³-hybridized carbons (Fsp3) is 0.308. The molecular formula is C26H23BrClNO8S. The van der Waals surface area contributed by atoms with E-state index in [9.17, 15) is 18.3 Å². The lowest BCUT2D eigenvalue weighted by Gasteiger charge is -2.41. The molecule has 1 fully saturated rings. The Balaban J connectivity index is 1.95. The van der Waals surface area contributed by atoms with Crippen molar-refractivity contribution in [1.29, 1.82) is 0 Å². The third kappa shape index (κ3) is 3.91. The minimum Gasteiger partial charge on any atom is -0.481 e. The number of aliphatic hydroxyl groups is 1. The number of aromatic nitrogens is 1. The van der Waals surface area contributed by atoms with Crippen molar-refractivity contribution in [3.8, 4) is 11.6 Å². The number of carbonyl (C=O) groups excluding carboxylic acids is 1. The van der Waals surface area contributed by atoms with Gasteiger partial charge in [0.05, 0.1) is 32.0 Å². The third-order valence-electron chi connectivity index (χ3n) is 7.05. The lowest BCUT2D eigenvalue weighted by Crippen LogP contribution is -2.53. The highest BCUT2D eigenvalue weighted by Gasteiger charge is 2.79. The highest BCUT2D eigenvalue weighted by atomic mass is 79.9. The number of benzene rings is 2. The number of hydrogen-bond donors (Lipinski definition) is 1. The van der Waals surface area contributed by atoms with Gasteiger partial charge < -0.3 is 19.3 Å². The SMILES string of the molecule is COC(=O)[C@H]1[C@@H](OS(C)(=O)=O)[C@@]2(O)c3c(cc(Cl)nc3OC)O[C@@]2(c2ccc(Br)cc2)[C@@H]1c1ccccc1. The number of pyridine rings is 1. The van der Waals surface area contributed by atoms with Gasteiger partial charge in [0.15, 0.2) is 11.2 Å². The van der Waals surface area contributed by atoms with Crippen molar-refractivity contribution >= 4 is 43.6 Å². The zero-order valence-electron chi connectivity index (χ0n) is 20.4. The summed E-state index contributed by atoms with van der Waals surface area (Å²) in [6.07, 6.45) is -0.854. The van der Waals surface area contributed by atoms with Crippen LogP contribution in [0.3, 0.4) is 0 Å². The molecule has 0 radical (unpaired) electrons. The molecule has 1 aliphatic carbocycles. The second kappa shape index (κ2) is 9.49. The van der Waals surface area contributed by atoms with Crippen LogP contribution in [0, 0.1) is 5.92 Å². The van der Waals surface area contributed by atoms with Crippen LogP contribution in [0.2, 0.25) is 5.15 Å². The zero-order chi connectivity index (χ0) is 27.5. The molecule has 200 valence electrons. The molecule has 5 atom stereocenters. The van der Waals surface area contributed by atoms with E-state index in [2.05, 4.69) is 20.9 Å². The highest BCUT2D eigenvalue weighted by molar-refractivity contribution is 9.10. The number of fused-ring (bicyclic) bond motifs is 3. The van der Waals surface area contributed by atoms with Crippen LogP contribution in [0.25, 0.3) is 0 Å². The molecule has 2 heterocycles.